The molecule has 1 aromatic carbocycles. The van der Waals surface area contributed by atoms with Crippen LogP contribution in [0.2, 0.25) is 0 Å². The molecular formula is C17H21BrN2OS. The molecule has 0 unspecified atom stereocenters. The van der Waals surface area contributed by atoms with Crippen LogP contribution < -0.4 is 5.32 Å². The summed E-state index contributed by atoms with van der Waals surface area (Å²) >= 11 is 5.29. The van der Waals surface area contributed by atoms with Gasteiger partial charge in [0.1, 0.15) is 5.75 Å². The number of nitrogens with one attached hydrogen (secondary N) is 1. The van der Waals surface area contributed by atoms with E-state index in [2.05, 4.69) is 43.7 Å². The van der Waals surface area contributed by atoms with Crippen LogP contribution in [0.5, 0.6) is 5.75 Å². The molecule has 3 rings (SSSR count). The predicted octanol–water partition coefficient (Wildman–Crippen LogP) is 4.14. The normalized spacial score (nSPS) is 17.0. The first kappa shape index (κ1) is 16.0. The van der Waals surface area contributed by atoms with Crippen molar-refractivity contribution in [3.8, 4) is 5.75 Å². The zero-order valence-electron chi connectivity index (χ0n) is 12.5. The third-order valence-corrected chi connectivity index (χ3v) is 5.61. The summed E-state index contributed by atoms with van der Waals surface area (Å²) in [6.45, 7) is 3.96. The third kappa shape index (κ3) is 3.90. The van der Waals surface area contributed by atoms with E-state index in [-0.39, 0.29) is 0 Å². The highest BCUT2D eigenvalue weighted by Crippen LogP contribution is 2.28. The van der Waals surface area contributed by atoms with Gasteiger partial charge in [-0.25, -0.2) is 0 Å². The van der Waals surface area contributed by atoms with Crippen molar-refractivity contribution in [2.75, 3.05) is 19.6 Å². The van der Waals surface area contributed by atoms with Gasteiger partial charge in [0.05, 0.1) is 6.04 Å². The molecule has 0 radical (unpaired) electrons. The van der Waals surface area contributed by atoms with Crippen molar-refractivity contribution in [1.29, 1.82) is 0 Å². The number of aromatic hydroxyl groups is 1. The largest absolute Gasteiger partial charge is 0.508 e. The molecule has 0 spiro atoms. The standard InChI is InChI=1S/C17H21BrN2OS/c18-14-5-6-16(21)13(10-14)11-19-12-15(17-4-3-9-22-17)20-7-1-2-8-20/h3-6,9-10,15,19,21H,1-2,7-8,11-12H2/t15-/m0/s1. The summed E-state index contributed by atoms with van der Waals surface area (Å²) in [5.74, 6) is 0.351. The fraction of sp³-hybridized carbons (Fsp3) is 0.412. The van der Waals surface area contributed by atoms with Crippen molar-refractivity contribution in [2.45, 2.75) is 25.4 Å². The summed E-state index contributed by atoms with van der Waals surface area (Å²) in [5.41, 5.74) is 0.931. The molecule has 0 aliphatic carbocycles. The number of phenolic OH excluding ortho intramolecular Hbond substituents is 1. The zero-order chi connectivity index (χ0) is 15.4. The molecule has 1 atom stereocenters. The second-order valence-electron chi connectivity index (χ2n) is 5.68. The van der Waals surface area contributed by atoms with Crippen molar-refractivity contribution < 1.29 is 5.11 Å². The maximum Gasteiger partial charge on any atom is 0.120 e. The second kappa shape index (κ2) is 7.59. The van der Waals surface area contributed by atoms with Crippen molar-refractivity contribution >= 4 is 27.3 Å². The van der Waals surface area contributed by atoms with Gasteiger partial charge < -0.3 is 10.4 Å². The summed E-state index contributed by atoms with van der Waals surface area (Å²) in [6, 6.07) is 10.4. The molecule has 0 saturated carbocycles. The van der Waals surface area contributed by atoms with Crippen LogP contribution in [0.15, 0.2) is 40.2 Å². The molecule has 1 aromatic heterocycles. The number of thiophene rings is 1. The van der Waals surface area contributed by atoms with Gasteiger partial charge in [0.25, 0.3) is 0 Å². The minimum Gasteiger partial charge on any atom is -0.508 e. The van der Waals surface area contributed by atoms with E-state index < -0.39 is 0 Å². The highest BCUT2D eigenvalue weighted by atomic mass is 79.9. The number of hydrogen-bond donors (Lipinski definition) is 2. The molecule has 118 valence electrons. The van der Waals surface area contributed by atoms with Crippen LogP contribution in [-0.4, -0.2) is 29.6 Å². The first-order valence-corrected chi connectivity index (χ1v) is 9.37. The first-order valence-electron chi connectivity index (χ1n) is 7.69. The van der Waals surface area contributed by atoms with E-state index in [1.54, 1.807) is 6.07 Å². The van der Waals surface area contributed by atoms with Gasteiger partial charge in [-0.15, -0.1) is 11.3 Å². The molecule has 2 N–H and O–H groups in total. The Kier molecular flexibility index (Phi) is 5.52. The SMILES string of the molecule is Oc1ccc(Br)cc1CNC[C@@H](c1cccs1)N1CCCC1. The fourth-order valence-electron chi connectivity index (χ4n) is 2.98. The Hall–Kier alpha value is -0.880. The van der Waals surface area contributed by atoms with Gasteiger partial charge in [-0.05, 0) is 55.6 Å². The maximum atomic E-state index is 9.93. The quantitative estimate of drug-likeness (QED) is 0.790. The van der Waals surface area contributed by atoms with Crippen molar-refractivity contribution in [3.05, 3.63) is 50.6 Å². The lowest BCUT2D eigenvalue weighted by atomic mass is 10.1. The Balaban J connectivity index is 1.63. The fourth-order valence-corrected chi connectivity index (χ4v) is 4.25. The molecule has 0 amide bonds. The summed E-state index contributed by atoms with van der Waals surface area (Å²) in [5, 5.41) is 15.6. The highest BCUT2D eigenvalue weighted by molar-refractivity contribution is 9.10. The predicted molar refractivity (Wildman–Crippen MR) is 95.4 cm³/mol. The van der Waals surface area contributed by atoms with Gasteiger partial charge in [-0.1, -0.05) is 22.0 Å². The molecule has 3 nitrogen and oxygen atoms in total. The van der Waals surface area contributed by atoms with Crippen LogP contribution in [0.1, 0.15) is 29.3 Å². The van der Waals surface area contributed by atoms with Gasteiger partial charge in [-0.2, -0.15) is 0 Å². The number of benzene rings is 1. The summed E-state index contributed by atoms with van der Waals surface area (Å²) in [6.07, 6.45) is 2.60. The minimum absolute atomic E-state index is 0.351. The Labute approximate surface area is 144 Å². The van der Waals surface area contributed by atoms with Gasteiger partial charge in [0.2, 0.25) is 0 Å². The highest BCUT2D eigenvalue weighted by Gasteiger charge is 2.23. The van der Waals surface area contributed by atoms with Crippen molar-refractivity contribution in [2.24, 2.45) is 0 Å². The Morgan fingerprint density at radius 2 is 2.09 bits per heavy atom. The minimum atomic E-state index is 0.351. The van der Waals surface area contributed by atoms with Crippen LogP contribution in [-0.2, 0) is 6.54 Å². The van der Waals surface area contributed by atoms with Gasteiger partial charge in [0.15, 0.2) is 0 Å². The molecule has 1 fully saturated rings. The Morgan fingerprint density at radius 1 is 1.27 bits per heavy atom. The van der Waals surface area contributed by atoms with Gasteiger partial charge in [-0.3, -0.25) is 4.90 Å². The second-order valence-corrected chi connectivity index (χ2v) is 7.57. The number of rotatable bonds is 6. The average Bonchev–Trinajstić information content (AvgIpc) is 3.20. The Bertz CT molecular complexity index is 597. The smallest absolute Gasteiger partial charge is 0.120 e. The van der Waals surface area contributed by atoms with Crippen molar-refractivity contribution in [1.82, 2.24) is 10.2 Å². The molecule has 2 aromatic rings. The number of likely N-dealkylation sites (tertiary alicyclic amines) is 1. The van der Waals surface area contributed by atoms with Crippen LogP contribution in [0, 0.1) is 0 Å². The lowest BCUT2D eigenvalue weighted by Gasteiger charge is -2.27. The monoisotopic (exact) mass is 380 g/mol. The van der Waals surface area contributed by atoms with E-state index in [1.165, 1.54) is 30.8 Å². The third-order valence-electron chi connectivity index (χ3n) is 4.15. The molecule has 1 aliphatic rings. The van der Waals surface area contributed by atoms with E-state index >= 15 is 0 Å². The van der Waals surface area contributed by atoms with Crippen LogP contribution >= 0.6 is 27.3 Å². The Morgan fingerprint density at radius 3 is 2.82 bits per heavy atom. The van der Waals surface area contributed by atoms with E-state index in [4.69, 9.17) is 0 Å². The lowest BCUT2D eigenvalue weighted by molar-refractivity contribution is 0.241. The topological polar surface area (TPSA) is 35.5 Å². The van der Waals surface area contributed by atoms with Crippen LogP contribution in [0.25, 0.3) is 0 Å². The van der Waals surface area contributed by atoms with Gasteiger partial charge >= 0.3 is 0 Å². The molecule has 2 heterocycles. The summed E-state index contributed by atoms with van der Waals surface area (Å²) in [4.78, 5) is 3.99. The molecule has 1 aliphatic heterocycles. The van der Waals surface area contributed by atoms with Crippen molar-refractivity contribution in [3.63, 3.8) is 0 Å². The summed E-state index contributed by atoms with van der Waals surface area (Å²) in [7, 11) is 0. The molecule has 22 heavy (non-hydrogen) atoms. The molecule has 5 heteroatoms. The zero-order valence-corrected chi connectivity index (χ0v) is 14.9. The van der Waals surface area contributed by atoms with Crippen LogP contribution in [0.4, 0.5) is 0 Å². The van der Waals surface area contributed by atoms with E-state index in [0.29, 0.717) is 18.3 Å². The van der Waals surface area contributed by atoms with Gasteiger partial charge in [0, 0.05) is 28.0 Å². The molecule has 1 saturated heterocycles. The van der Waals surface area contributed by atoms with E-state index in [1.807, 2.05) is 23.5 Å². The number of phenols is 1. The van der Waals surface area contributed by atoms with E-state index in [9.17, 15) is 5.11 Å². The number of hydrogen-bond acceptors (Lipinski definition) is 4. The molecular weight excluding hydrogens is 360 g/mol. The first-order chi connectivity index (χ1) is 10.7. The maximum absolute atomic E-state index is 9.93. The lowest BCUT2D eigenvalue weighted by Crippen LogP contribution is -2.33. The summed E-state index contributed by atoms with van der Waals surface area (Å²) < 4.78 is 0.997. The van der Waals surface area contributed by atoms with E-state index in [0.717, 1.165) is 16.6 Å². The number of halogens is 1. The van der Waals surface area contributed by atoms with Crippen LogP contribution in [0.3, 0.4) is 0 Å². The number of nitrogens with zero attached hydrogens (tertiary/aromatic N) is 1. The average molecular weight is 381 g/mol. The molecule has 0 bridgehead atoms.